The van der Waals surface area contributed by atoms with E-state index in [1.807, 2.05) is 30.3 Å². The van der Waals surface area contributed by atoms with E-state index in [4.69, 9.17) is 11.6 Å². The lowest BCUT2D eigenvalue weighted by Crippen LogP contribution is -2.13. The summed E-state index contributed by atoms with van der Waals surface area (Å²) < 4.78 is 41.8. The Morgan fingerprint density at radius 3 is 2.27 bits per heavy atom. The molecule has 0 unspecified atom stereocenters. The zero-order chi connectivity index (χ0) is 21.3. The number of benzene rings is 4. The summed E-state index contributed by atoms with van der Waals surface area (Å²) >= 11 is 7.06. The van der Waals surface area contributed by atoms with Crippen molar-refractivity contribution >= 4 is 49.8 Å². The van der Waals surface area contributed by atoms with E-state index in [1.54, 1.807) is 30.3 Å². The summed E-state index contributed by atoms with van der Waals surface area (Å²) in [4.78, 5) is 1.22. The van der Waals surface area contributed by atoms with Crippen molar-refractivity contribution in [3.63, 3.8) is 0 Å². The Kier molecular flexibility index (Phi) is 5.60. The van der Waals surface area contributed by atoms with Gasteiger partial charge in [-0.15, -0.1) is 0 Å². The van der Waals surface area contributed by atoms with E-state index in [9.17, 15) is 17.9 Å². The highest BCUT2D eigenvalue weighted by molar-refractivity contribution is 7.99. The number of fused-ring (bicyclic) bond motifs is 1. The van der Waals surface area contributed by atoms with Crippen LogP contribution >= 0.6 is 23.4 Å². The van der Waals surface area contributed by atoms with Crippen molar-refractivity contribution in [2.75, 3.05) is 4.72 Å². The van der Waals surface area contributed by atoms with E-state index in [2.05, 4.69) is 4.72 Å². The highest BCUT2D eigenvalue weighted by Crippen LogP contribution is 2.43. The molecule has 0 saturated carbocycles. The highest BCUT2D eigenvalue weighted by atomic mass is 35.5. The molecule has 0 saturated heterocycles. The fourth-order valence-corrected chi connectivity index (χ4v) is 5.23. The summed E-state index contributed by atoms with van der Waals surface area (Å²) in [6, 6.07) is 21.1. The molecule has 0 fully saturated rings. The van der Waals surface area contributed by atoms with Gasteiger partial charge in [-0.2, -0.15) is 0 Å². The predicted molar refractivity (Wildman–Crippen MR) is 118 cm³/mol. The standard InChI is InChI=1S/C22H15ClFNO3S2/c23-18-12-15(10-11-19(18)24)30(27,28)25-20-13-21(29-14-6-2-1-3-7-14)22(26)17-9-5-4-8-16(17)20/h1-13,25-26H. The SMILES string of the molecule is O=S(=O)(Nc1cc(Sc2ccccc2)c(O)c2ccccc12)c1ccc(F)c(Cl)c1. The molecule has 2 N–H and O–H groups in total. The van der Waals surface area contributed by atoms with Crippen LogP contribution in [-0.4, -0.2) is 13.5 Å². The Balaban J connectivity index is 1.81. The van der Waals surface area contributed by atoms with Crippen molar-refractivity contribution in [3.05, 3.63) is 89.7 Å². The molecular weight excluding hydrogens is 445 g/mol. The van der Waals surface area contributed by atoms with Gasteiger partial charge in [0.15, 0.2) is 0 Å². The summed E-state index contributed by atoms with van der Waals surface area (Å²) in [5.74, 6) is -0.639. The second kappa shape index (κ2) is 8.18. The first kappa shape index (κ1) is 20.5. The third-order valence-electron chi connectivity index (χ3n) is 4.40. The summed E-state index contributed by atoms with van der Waals surface area (Å²) in [5.41, 5.74) is 0.294. The van der Waals surface area contributed by atoms with Crippen LogP contribution in [0, 0.1) is 5.82 Å². The third-order valence-corrected chi connectivity index (χ3v) is 7.09. The van der Waals surface area contributed by atoms with Gasteiger partial charge in [0.1, 0.15) is 11.6 Å². The second-order valence-corrected chi connectivity index (χ2v) is 9.62. The monoisotopic (exact) mass is 459 g/mol. The Labute approximate surface area is 182 Å². The number of phenolic OH excluding ortho intramolecular Hbond substituents is 1. The number of halogens is 2. The Morgan fingerprint density at radius 2 is 1.57 bits per heavy atom. The fraction of sp³-hybridized carbons (Fsp3) is 0. The Hall–Kier alpha value is -2.74. The summed E-state index contributed by atoms with van der Waals surface area (Å²) in [5, 5.41) is 11.5. The molecule has 0 amide bonds. The van der Waals surface area contributed by atoms with E-state index in [0.29, 0.717) is 21.4 Å². The number of anilines is 1. The summed E-state index contributed by atoms with van der Waals surface area (Å²) in [7, 11) is -4.04. The lowest BCUT2D eigenvalue weighted by molar-refractivity contribution is 0.469. The minimum Gasteiger partial charge on any atom is -0.506 e. The maximum Gasteiger partial charge on any atom is 0.261 e. The molecule has 0 aliphatic rings. The van der Waals surface area contributed by atoms with Crippen LogP contribution in [0.3, 0.4) is 0 Å². The minimum atomic E-state index is -4.04. The molecule has 0 aromatic heterocycles. The zero-order valence-corrected chi connectivity index (χ0v) is 17.7. The molecule has 0 radical (unpaired) electrons. The van der Waals surface area contributed by atoms with Crippen LogP contribution < -0.4 is 4.72 Å². The van der Waals surface area contributed by atoms with Crippen molar-refractivity contribution in [3.8, 4) is 5.75 Å². The zero-order valence-electron chi connectivity index (χ0n) is 15.3. The molecule has 0 aliphatic carbocycles. The van der Waals surface area contributed by atoms with Gasteiger partial charge < -0.3 is 5.11 Å². The van der Waals surface area contributed by atoms with Crippen LogP contribution in [0.2, 0.25) is 5.02 Å². The van der Waals surface area contributed by atoms with Crippen molar-refractivity contribution in [2.24, 2.45) is 0 Å². The molecule has 0 aliphatic heterocycles. The lowest BCUT2D eigenvalue weighted by atomic mass is 10.1. The van der Waals surface area contributed by atoms with Gasteiger partial charge in [-0.1, -0.05) is 65.8 Å². The molecule has 30 heavy (non-hydrogen) atoms. The first-order valence-corrected chi connectivity index (χ1v) is 11.5. The maximum atomic E-state index is 13.4. The van der Waals surface area contributed by atoms with Gasteiger partial charge in [0.2, 0.25) is 0 Å². The Morgan fingerprint density at radius 1 is 0.900 bits per heavy atom. The number of sulfonamides is 1. The second-order valence-electron chi connectivity index (χ2n) is 6.41. The maximum absolute atomic E-state index is 13.4. The molecule has 8 heteroatoms. The Bertz CT molecular complexity index is 1350. The number of nitrogens with one attached hydrogen (secondary N) is 1. The highest BCUT2D eigenvalue weighted by Gasteiger charge is 2.20. The van der Waals surface area contributed by atoms with Gasteiger partial charge >= 0.3 is 0 Å². The molecule has 4 aromatic rings. The van der Waals surface area contributed by atoms with Crippen LogP contribution in [0.25, 0.3) is 10.8 Å². The van der Waals surface area contributed by atoms with Crippen molar-refractivity contribution in [2.45, 2.75) is 14.7 Å². The topological polar surface area (TPSA) is 66.4 Å². The summed E-state index contributed by atoms with van der Waals surface area (Å²) in [6.07, 6.45) is 0. The quantitative estimate of drug-likeness (QED) is 0.344. The lowest BCUT2D eigenvalue weighted by Gasteiger charge is -2.15. The minimum absolute atomic E-state index is 0.0622. The van der Waals surface area contributed by atoms with Crippen LogP contribution in [0.4, 0.5) is 10.1 Å². The average Bonchev–Trinajstić information content (AvgIpc) is 2.74. The van der Waals surface area contributed by atoms with E-state index in [-0.39, 0.29) is 15.7 Å². The first-order chi connectivity index (χ1) is 14.3. The molecule has 0 atom stereocenters. The van der Waals surface area contributed by atoms with Gasteiger partial charge in [-0.05, 0) is 36.4 Å². The molecular formula is C22H15ClFNO3S2. The first-order valence-electron chi connectivity index (χ1n) is 8.80. The van der Waals surface area contributed by atoms with Gasteiger partial charge in [0.05, 0.1) is 20.5 Å². The van der Waals surface area contributed by atoms with Crippen molar-refractivity contribution in [1.29, 1.82) is 0 Å². The predicted octanol–water partition coefficient (Wildman–Crippen LogP) is 6.29. The normalized spacial score (nSPS) is 11.5. The van der Waals surface area contributed by atoms with Crippen LogP contribution in [0.15, 0.2) is 93.5 Å². The van der Waals surface area contributed by atoms with Gasteiger partial charge in [-0.3, -0.25) is 4.72 Å². The van der Waals surface area contributed by atoms with Crippen LogP contribution in [0.1, 0.15) is 0 Å². The smallest absolute Gasteiger partial charge is 0.261 e. The largest absolute Gasteiger partial charge is 0.506 e. The third kappa shape index (κ3) is 4.09. The van der Waals surface area contributed by atoms with E-state index in [0.717, 1.165) is 23.1 Å². The molecule has 152 valence electrons. The van der Waals surface area contributed by atoms with Gasteiger partial charge in [0.25, 0.3) is 10.0 Å². The van der Waals surface area contributed by atoms with Crippen LogP contribution in [0.5, 0.6) is 5.75 Å². The van der Waals surface area contributed by atoms with Gasteiger partial charge in [-0.25, -0.2) is 12.8 Å². The number of hydrogen-bond acceptors (Lipinski definition) is 4. The molecule has 4 rings (SSSR count). The number of aromatic hydroxyl groups is 1. The van der Waals surface area contributed by atoms with Crippen LogP contribution in [-0.2, 0) is 10.0 Å². The number of phenols is 1. The molecule has 0 spiro atoms. The van der Waals surface area contributed by atoms with Crippen molar-refractivity contribution < 1.29 is 17.9 Å². The molecule has 0 heterocycles. The van der Waals surface area contributed by atoms with E-state index in [1.165, 1.54) is 11.8 Å². The number of hydrogen-bond donors (Lipinski definition) is 2. The number of rotatable bonds is 5. The van der Waals surface area contributed by atoms with Gasteiger partial charge in [0, 0.05) is 15.7 Å². The molecule has 4 nitrogen and oxygen atoms in total. The fourth-order valence-electron chi connectivity index (χ4n) is 2.96. The average molecular weight is 460 g/mol. The summed E-state index contributed by atoms with van der Waals surface area (Å²) in [6.45, 7) is 0. The van der Waals surface area contributed by atoms with E-state index < -0.39 is 15.8 Å². The molecule has 4 aromatic carbocycles. The van der Waals surface area contributed by atoms with E-state index >= 15 is 0 Å². The van der Waals surface area contributed by atoms with Crippen molar-refractivity contribution in [1.82, 2.24) is 0 Å². The molecule has 0 bridgehead atoms.